The summed E-state index contributed by atoms with van der Waals surface area (Å²) in [6.45, 7) is 2.82. The predicted octanol–water partition coefficient (Wildman–Crippen LogP) is 2.17. The fourth-order valence-corrected chi connectivity index (χ4v) is 4.34. The van der Waals surface area contributed by atoms with E-state index in [1.807, 2.05) is 13.0 Å². The van der Waals surface area contributed by atoms with E-state index in [9.17, 15) is 8.42 Å². The molecule has 16 heavy (non-hydrogen) atoms. The molecule has 5 heteroatoms. The largest absolute Gasteiger partial charge is 0.310 e. The summed E-state index contributed by atoms with van der Waals surface area (Å²) >= 11 is 5.99. The van der Waals surface area contributed by atoms with Crippen molar-refractivity contribution in [2.75, 3.05) is 12.3 Å². The molecule has 0 amide bonds. The minimum Gasteiger partial charge on any atom is -0.310 e. The molecule has 0 saturated heterocycles. The van der Waals surface area contributed by atoms with Gasteiger partial charge in [0.05, 0.1) is 15.7 Å². The highest BCUT2D eigenvalue weighted by molar-refractivity contribution is 7.91. The molecule has 0 bridgehead atoms. The summed E-state index contributed by atoms with van der Waals surface area (Å²) in [5.41, 5.74) is 0.806. The van der Waals surface area contributed by atoms with E-state index in [1.54, 1.807) is 12.1 Å². The van der Waals surface area contributed by atoms with Gasteiger partial charge in [-0.3, -0.25) is 0 Å². The van der Waals surface area contributed by atoms with E-state index < -0.39 is 9.84 Å². The molecule has 0 fully saturated rings. The Morgan fingerprint density at radius 2 is 2.25 bits per heavy atom. The number of benzene rings is 1. The molecule has 2 rings (SSSR count). The molecular formula is C11H14ClNO2S. The predicted molar refractivity (Wildman–Crippen MR) is 64.5 cm³/mol. The third kappa shape index (κ3) is 1.97. The Kier molecular flexibility index (Phi) is 3.24. The summed E-state index contributed by atoms with van der Waals surface area (Å²) in [5.74, 6) is 0.168. The van der Waals surface area contributed by atoms with E-state index in [0.29, 0.717) is 16.3 Å². The smallest absolute Gasteiger partial charge is 0.180 e. The van der Waals surface area contributed by atoms with Crippen LogP contribution in [0.4, 0.5) is 0 Å². The molecule has 1 atom stereocenters. The van der Waals surface area contributed by atoms with E-state index in [2.05, 4.69) is 5.32 Å². The second-order valence-electron chi connectivity index (χ2n) is 3.88. The van der Waals surface area contributed by atoms with Crippen LogP contribution in [0.3, 0.4) is 0 Å². The van der Waals surface area contributed by atoms with E-state index in [1.165, 1.54) is 0 Å². The van der Waals surface area contributed by atoms with Crippen molar-refractivity contribution in [3.8, 4) is 0 Å². The van der Waals surface area contributed by atoms with Crippen molar-refractivity contribution in [3.63, 3.8) is 0 Å². The van der Waals surface area contributed by atoms with Crippen LogP contribution in [0.15, 0.2) is 23.1 Å². The first-order valence-electron chi connectivity index (χ1n) is 5.31. The SMILES string of the molecule is CCNC1CCS(=O)(=O)c2c(Cl)cccc21. The van der Waals surface area contributed by atoms with E-state index in [4.69, 9.17) is 11.6 Å². The highest BCUT2D eigenvalue weighted by Gasteiger charge is 2.31. The van der Waals surface area contributed by atoms with Gasteiger partial charge in [0.1, 0.15) is 0 Å². The first-order chi connectivity index (χ1) is 7.56. The minimum atomic E-state index is -3.20. The van der Waals surface area contributed by atoms with Gasteiger partial charge < -0.3 is 5.32 Å². The summed E-state index contributed by atoms with van der Waals surface area (Å²) in [6.07, 6.45) is 0.615. The summed E-state index contributed by atoms with van der Waals surface area (Å²) < 4.78 is 23.9. The summed E-state index contributed by atoms with van der Waals surface area (Å²) in [7, 11) is -3.20. The fraction of sp³-hybridized carbons (Fsp3) is 0.455. The molecule has 1 aliphatic heterocycles. The lowest BCUT2D eigenvalue weighted by Gasteiger charge is -2.26. The van der Waals surface area contributed by atoms with Crippen LogP contribution in [0.5, 0.6) is 0 Å². The second kappa shape index (κ2) is 4.35. The summed E-state index contributed by atoms with van der Waals surface area (Å²) in [4.78, 5) is 0.314. The molecular weight excluding hydrogens is 246 g/mol. The van der Waals surface area contributed by atoms with Gasteiger partial charge in [0.25, 0.3) is 0 Å². The number of nitrogens with one attached hydrogen (secondary N) is 1. The average molecular weight is 260 g/mol. The van der Waals surface area contributed by atoms with Crippen LogP contribution in [-0.4, -0.2) is 20.7 Å². The van der Waals surface area contributed by atoms with Crippen molar-refractivity contribution in [2.45, 2.75) is 24.3 Å². The van der Waals surface area contributed by atoms with Crippen molar-refractivity contribution in [2.24, 2.45) is 0 Å². The maximum Gasteiger partial charge on any atom is 0.180 e. The van der Waals surface area contributed by atoms with Crippen molar-refractivity contribution < 1.29 is 8.42 Å². The molecule has 3 nitrogen and oxygen atoms in total. The van der Waals surface area contributed by atoms with E-state index in [0.717, 1.165) is 12.1 Å². The molecule has 88 valence electrons. The van der Waals surface area contributed by atoms with Crippen LogP contribution in [0, 0.1) is 0 Å². The molecule has 1 unspecified atom stereocenters. The number of hydrogen-bond donors (Lipinski definition) is 1. The average Bonchev–Trinajstić information content (AvgIpc) is 2.22. The third-order valence-electron chi connectivity index (χ3n) is 2.81. The van der Waals surface area contributed by atoms with Gasteiger partial charge in [-0.2, -0.15) is 0 Å². The van der Waals surface area contributed by atoms with Gasteiger partial charge in [0.15, 0.2) is 9.84 Å². The van der Waals surface area contributed by atoms with Gasteiger partial charge in [-0.25, -0.2) is 8.42 Å². The van der Waals surface area contributed by atoms with Gasteiger partial charge in [-0.1, -0.05) is 30.7 Å². The molecule has 0 aliphatic carbocycles. The zero-order valence-corrected chi connectivity index (χ0v) is 10.6. The lowest BCUT2D eigenvalue weighted by Crippen LogP contribution is -2.29. The highest BCUT2D eigenvalue weighted by atomic mass is 35.5. The van der Waals surface area contributed by atoms with Crippen molar-refractivity contribution >= 4 is 21.4 Å². The highest BCUT2D eigenvalue weighted by Crippen LogP contribution is 2.36. The number of hydrogen-bond acceptors (Lipinski definition) is 3. The third-order valence-corrected chi connectivity index (χ3v) is 5.09. The second-order valence-corrected chi connectivity index (χ2v) is 6.33. The first kappa shape index (κ1) is 11.9. The van der Waals surface area contributed by atoms with Crippen molar-refractivity contribution in [1.29, 1.82) is 0 Å². The monoisotopic (exact) mass is 259 g/mol. The van der Waals surface area contributed by atoms with Gasteiger partial charge in [-0.05, 0) is 24.6 Å². The van der Waals surface area contributed by atoms with Gasteiger partial charge >= 0.3 is 0 Å². The maximum atomic E-state index is 11.9. The standard InChI is InChI=1S/C11H14ClNO2S/c1-2-13-10-6-7-16(14,15)11-8(10)4-3-5-9(11)12/h3-5,10,13H,2,6-7H2,1H3. The molecule has 1 aromatic rings. The number of rotatable bonds is 2. The Balaban J connectivity index is 2.58. The zero-order chi connectivity index (χ0) is 11.8. The van der Waals surface area contributed by atoms with Crippen LogP contribution in [0.1, 0.15) is 24.9 Å². The lowest BCUT2D eigenvalue weighted by atomic mass is 10.0. The van der Waals surface area contributed by atoms with Crippen molar-refractivity contribution in [1.82, 2.24) is 5.32 Å². The summed E-state index contributed by atoms with van der Waals surface area (Å²) in [6, 6.07) is 5.37. The Hall–Kier alpha value is -0.580. The quantitative estimate of drug-likeness (QED) is 0.886. The van der Waals surface area contributed by atoms with Gasteiger partial charge in [0, 0.05) is 6.04 Å². The molecule has 1 aliphatic rings. The zero-order valence-electron chi connectivity index (χ0n) is 9.03. The van der Waals surface area contributed by atoms with Gasteiger partial charge in [-0.15, -0.1) is 0 Å². The minimum absolute atomic E-state index is 0.0993. The first-order valence-corrected chi connectivity index (χ1v) is 7.34. The molecule has 1 heterocycles. The molecule has 0 saturated carbocycles. The Morgan fingerprint density at radius 1 is 1.50 bits per heavy atom. The van der Waals surface area contributed by atoms with Crippen LogP contribution in [0.2, 0.25) is 5.02 Å². The molecule has 0 radical (unpaired) electrons. The van der Waals surface area contributed by atoms with E-state index >= 15 is 0 Å². The Morgan fingerprint density at radius 3 is 2.94 bits per heavy atom. The van der Waals surface area contributed by atoms with Gasteiger partial charge in [0.2, 0.25) is 0 Å². The topological polar surface area (TPSA) is 46.2 Å². The number of sulfone groups is 1. The molecule has 0 spiro atoms. The Labute approximate surface area is 101 Å². The maximum absolute atomic E-state index is 11.9. The van der Waals surface area contributed by atoms with Crippen LogP contribution in [0.25, 0.3) is 0 Å². The molecule has 0 aromatic heterocycles. The van der Waals surface area contributed by atoms with Crippen LogP contribution in [-0.2, 0) is 9.84 Å². The van der Waals surface area contributed by atoms with Crippen LogP contribution < -0.4 is 5.32 Å². The summed E-state index contributed by atoms with van der Waals surface area (Å²) in [5, 5.41) is 3.62. The number of halogens is 1. The fourth-order valence-electron chi connectivity index (χ4n) is 2.12. The molecule has 1 aromatic carbocycles. The van der Waals surface area contributed by atoms with Crippen LogP contribution >= 0.6 is 11.6 Å². The van der Waals surface area contributed by atoms with E-state index in [-0.39, 0.29) is 11.8 Å². The Bertz CT molecular complexity index is 499. The molecule has 1 N–H and O–H groups in total. The lowest BCUT2D eigenvalue weighted by molar-refractivity contribution is 0.505. The number of fused-ring (bicyclic) bond motifs is 1. The normalized spacial score (nSPS) is 22.8. The van der Waals surface area contributed by atoms with Crippen molar-refractivity contribution in [3.05, 3.63) is 28.8 Å².